The lowest BCUT2D eigenvalue weighted by atomic mass is 10.00. The normalized spacial score (nSPS) is 13.1. The summed E-state index contributed by atoms with van der Waals surface area (Å²) >= 11 is 0. The minimum absolute atomic E-state index is 0.0179. The molecule has 0 unspecified atom stereocenters. The zero-order chi connectivity index (χ0) is 20.5. The van der Waals surface area contributed by atoms with Gasteiger partial charge < -0.3 is 15.2 Å². The van der Waals surface area contributed by atoms with Crippen LogP contribution in [-0.4, -0.2) is 23.3 Å². The topological polar surface area (TPSA) is 65.2 Å². The highest BCUT2D eigenvalue weighted by Gasteiger charge is 2.24. The molecule has 0 radical (unpaired) electrons. The summed E-state index contributed by atoms with van der Waals surface area (Å²) in [4.78, 5) is 30.8. The van der Waals surface area contributed by atoms with E-state index in [4.69, 9.17) is 0 Å². The molecule has 2 amide bonds. The van der Waals surface area contributed by atoms with Crippen LogP contribution in [0.2, 0.25) is 0 Å². The number of H-pyrrole nitrogens is 1. The van der Waals surface area contributed by atoms with Gasteiger partial charge in [0.25, 0.3) is 11.8 Å². The Morgan fingerprint density at radius 3 is 2.53 bits per heavy atom. The van der Waals surface area contributed by atoms with Crippen LogP contribution >= 0.6 is 0 Å². The molecule has 3 aromatic carbocycles. The van der Waals surface area contributed by atoms with Gasteiger partial charge in [0.15, 0.2) is 0 Å². The molecule has 0 atom stereocenters. The first kappa shape index (κ1) is 18.2. The number of carbonyl (C=O) groups is 2. The molecule has 0 saturated carbocycles. The summed E-state index contributed by atoms with van der Waals surface area (Å²) in [6, 6.07) is 24.7. The highest BCUT2D eigenvalue weighted by Crippen LogP contribution is 2.31. The molecule has 4 aromatic rings. The van der Waals surface area contributed by atoms with Crippen LogP contribution in [0.25, 0.3) is 10.9 Å². The monoisotopic (exact) mass is 395 g/mol. The SMILES string of the molecule is O=C(Nc1ccc2c(c1)N(C(=O)c1ccccc1)CCC2)c1cc2ccccc2[nH]1. The number of hydrogen-bond acceptors (Lipinski definition) is 2. The van der Waals surface area contributed by atoms with Crippen LogP contribution in [0, 0.1) is 0 Å². The number of benzene rings is 3. The van der Waals surface area contributed by atoms with E-state index in [1.165, 1.54) is 0 Å². The number of aromatic amines is 1. The van der Waals surface area contributed by atoms with E-state index >= 15 is 0 Å². The number of fused-ring (bicyclic) bond motifs is 2. The maximum absolute atomic E-state index is 13.1. The third-order valence-electron chi connectivity index (χ3n) is 5.50. The Morgan fingerprint density at radius 2 is 1.70 bits per heavy atom. The van der Waals surface area contributed by atoms with Crippen LogP contribution in [0.15, 0.2) is 78.9 Å². The molecule has 1 aromatic heterocycles. The molecule has 0 bridgehead atoms. The summed E-state index contributed by atoms with van der Waals surface area (Å²) in [6.45, 7) is 0.667. The second-order valence-electron chi connectivity index (χ2n) is 7.49. The Bertz CT molecular complexity index is 1210. The van der Waals surface area contributed by atoms with Crippen molar-refractivity contribution in [2.75, 3.05) is 16.8 Å². The molecule has 0 saturated heterocycles. The van der Waals surface area contributed by atoms with E-state index < -0.39 is 0 Å². The largest absolute Gasteiger partial charge is 0.351 e. The van der Waals surface area contributed by atoms with E-state index in [0.29, 0.717) is 23.5 Å². The molecule has 148 valence electrons. The van der Waals surface area contributed by atoms with Crippen molar-refractivity contribution in [2.24, 2.45) is 0 Å². The molecule has 5 heteroatoms. The van der Waals surface area contributed by atoms with Crippen molar-refractivity contribution in [3.63, 3.8) is 0 Å². The van der Waals surface area contributed by atoms with Gasteiger partial charge in [-0.15, -0.1) is 0 Å². The van der Waals surface area contributed by atoms with Crippen molar-refractivity contribution < 1.29 is 9.59 Å². The molecule has 5 nitrogen and oxygen atoms in total. The summed E-state index contributed by atoms with van der Waals surface area (Å²) < 4.78 is 0. The summed E-state index contributed by atoms with van der Waals surface area (Å²) in [5.74, 6) is -0.224. The molecule has 0 fully saturated rings. The molecule has 2 heterocycles. The standard InChI is InChI=1S/C25H21N3O2/c29-24(22-15-19-9-4-5-11-21(19)27-22)26-20-13-12-17-10-6-14-28(23(17)16-20)25(30)18-7-2-1-3-8-18/h1-5,7-9,11-13,15-16,27H,6,10,14H2,(H,26,29). The van der Waals surface area contributed by atoms with Gasteiger partial charge in [-0.3, -0.25) is 9.59 Å². The number of aryl methyl sites for hydroxylation is 1. The van der Waals surface area contributed by atoms with E-state index in [9.17, 15) is 9.59 Å². The number of rotatable bonds is 3. The van der Waals surface area contributed by atoms with E-state index in [-0.39, 0.29) is 11.8 Å². The Morgan fingerprint density at radius 1 is 0.900 bits per heavy atom. The highest BCUT2D eigenvalue weighted by molar-refractivity contribution is 6.08. The average molecular weight is 395 g/mol. The fourth-order valence-corrected chi connectivity index (χ4v) is 3.99. The first-order valence-electron chi connectivity index (χ1n) is 10.1. The first-order valence-corrected chi connectivity index (χ1v) is 10.1. The lowest BCUT2D eigenvalue weighted by Crippen LogP contribution is -2.35. The average Bonchev–Trinajstić information content (AvgIpc) is 3.23. The fourth-order valence-electron chi connectivity index (χ4n) is 3.99. The lowest BCUT2D eigenvalue weighted by Gasteiger charge is -2.30. The van der Waals surface area contributed by atoms with Crippen molar-refractivity contribution in [3.8, 4) is 0 Å². The number of nitrogens with zero attached hydrogens (tertiary/aromatic N) is 1. The second-order valence-corrected chi connectivity index (χ2v) is 7.49. The molecule has 0 aliphatic carbocycles. The van der Waals surface area contributed by atoms with Crippen LogP contribution in [0.1, 0.15) is 32.8 Å². The molecule has 0 spiro atoms. The van der Waals surface area contributed by atoms with Crippen LogP contribution < -0.4 is 10.2 Å². The summed E-state index contributed by atoms with van der Waals surface area (Å²) in [5.41, 5.74) is 4.75. The number of nitrogens with one attached hydrogen (secondary N) is 2. The number of anilines is 2. The molecule has 1 aliphatic heterocycles. The van der Waals surface area contributed by atoms with E-state index in [2.05, 4.69) is 10.3 Å². The van der Waals surface area contributed by atoms with Gasteiger partial charge >= 0.3 is 0 Å². The first-order chi connectivity index (χ1) is 14.7. The number of aromatic nitrogens is 1. The van der Waals surface area contributed by atoms with E-state index in [1.807, 2.05) is 83.8 Å². The van der Waals surface area contributed by atoms with Gasteiger partial charge in [-0.05, 0) is 54.8 Å². The maximum atomic E-state index is 13.1. The number of hydrogen-bond donors (Lipinski definition) is 2. The molecular weight excluding hydrogens is 374 g/mol. The number of para-hydroxylation sites is 1. The number of carbonyl (C=O) groups excluding carboxylic acids is 2. The summed E-state index contributed by atoms with van der Waals surface area (Å²) in [5, 5.41) is 3.95. The zero-order valence-corrected chi connectivity index (χ0v) is 16.4. The van der Waals surface area contributed by atoms with Crippen LogP contribution in [0.3, 0.4) is 0 Å². The Hall–Kier alpha value is -3.86. The second kappa shape index (κ2) is 7.52. The Kier molecular flexibility index (Phi) is 4.56. The molecule has 1 aliphatic rings. The van der Waals surface area contributed by atoms with E-state index in [0.717, 1.165) is 35.0 Å². The predicted octanol–water partition coefficient (Wildman–Crippen LogP) is 5.01. The molecule has 30 heavy (non-hydrogen) atoms. The van der Waals surface area contributed by atoms with Crippen molar-refractivity contribution in [1.82, 2.24) is 4.98 Å². The highest BCUT2D eigenvalue weighted by atomic mass is 16.2. The van der Waals surface area contributed by atoms with Gasteiger partial charge in [0.1, 0.15) is 5.69 Å². The van der Waals surface area contributed by atoms with Crippen molar-refractivity contribution in [1.29, 1.82) is 0 Å². The van der Waals surface area contributed by atoms with Gasteiger partial charge in [-0.25, -0.2) is 0 Å². The van der Waals surface area contributed by atoms with Gasteiger partial charge in [-0.1, -0.05) is 42.5 Å². The third kappa shape index (κ3) is 3.35. The zero-order valence-electron chi connectivity index (χ0n) is 16.4. The lowest BCUT2D eigenvalue weighted by molar-refractivity contribution is 0.0984. The summed E-state index contributed by atoms with van der Waals surface area (Å²) in [6.07, 6.45) is 1.84. The van der Waals surface area contributed by atoms with Crippen LogP contribution in [-0.2, 0) is 6.42 Å². The Labute approximate surface area is 174 Å². The minimum atomic E-state index is -0.206. The van der Waals surface area contributed by atoms with Gasteiger partial charge in [-0.2, -0.15) is 0 Å². The predicted molar refractivity (Wildman–Crippen MR) is 119 cm³/mol. The Balaban J connectivity index is 1.42. The van der Waals surface area contributed by atoms with Gasteiger partial charge in [0.05, 0.1) is 0 Å². The van der Waals surface area contributed by atoms with Gasteiger partial charge in [0, 0.05) is 34.4 Å². The van der Waals surface area contributed by atoms with Gasteiger partial charge in [0.2, 0.25) is 0 Å². The van der Waals surface area contributed by atoms with Crippen LogP contribution in [0.4, 0.5) is 11.4 Å². The maximum Gasteiger partial charge on any atom is 0.272 e. The third-order valence-corrected chi connectivity index (χ3v) is 5.50. The smallest absolute Gasteiger partial charge is 0.272 e. The molecule has 2 N–H and O–H groups in total. The van der Waals surface area contributed by atoms with Crippen LogP contribution in [0.5, 0.6) is 0 Å². The fraction of sp³-hybridized carbons (Fsp3) is 0.120. The summed E-state index contributed by atoms with van der Waals surface area (Å²) in [7, 11) is 0. The number of amides is 2. The molecule has 5 rings (SSSR count). The molecular formula is C25H21N3O2. The van der Waals surface area contributed by atoms with E-state index in [1.54, 1.807) is 0 Å². The van der Waals surface area contributed by atoms with Crippen molar-refractivity contribution >= 4 is 34.1 Å². The van der Waals surface area contributed by atoms with Crippen molar-refractivity contribution in [2.45, 2.75) is 12.8 Å². The van der Waals surface area contributed by atoms with Crippen molar-refractivity contribution in [3.05, 3.63) is 95.7 Å². The quantitative estimate of drug-likeness (QED) is 0.512. The minimum Gasteiger partial charge on any atom is -0.351 e.